The molecular weight excluding hydrogens is 172 g/mol. The van der Waals surface area contributed by atoms with Gasteiger partial charge in [-0.15, -0.1) is 11.8 Å². The van der Waals surface area contributed by atoms with Gasteiger partial charge >= 0.3 is 0 Å². The molecule has 1 atom stereocenters. The molecule has 2 aliphatic heterocycles. The summed E-state index contributed by atoms with van der Waals surface area (Å²) < 4.78 is 0. The predicted molar refractivity (Wildman–Crippen MR) is 50.1 cm³/mol. The van der Waals surface area contributed by atoms with Gasteiger partial charge in [-0.25, -0.2) is 0 Å². The van der Waals surface area contributed by atoms with Gasteiger partial charge in [0.1, 0.15) is 0 Å². The van der Waals surface area contributed by atoms with Crippen molar-refractivity contribution < 1.29 is 4.79 Å². The highest BCUT2D eigenvalue weighted by atomic mass is 32.2. The van der Waals surface area contributed by atoms with E-state index in [1.807, 2.05) is 16.7 Å². The molecule has 3 nitrogen and oxygen atoms in total. The van der Waals surface area contributed by atoms with E-state index in [4.69, 9.17) is 0 Å². The molecule has 0 bridgehead atoms. The van der Waals surface area contributed by atoms with Crippen LogP contribution in [0.25, 0.3) is 0 Å². The van der Waals surface area contributed by atoms with Crippen molar-refractivity contribution in [1.82, 2.24) is 10.2 Å². The zero-order chi connectivity index (χ0) is 8.39. The van der Waals surface area contributed by atoms with E-state index in [9.17, 15) is 4.79 Å². The Balaban J connectivity index is 1.89. The number of amides is 1. The Morgan fingerprint density at radius 3 is 3.08 bits per heavy atom. The van der Waals surface area contributed by atoms with Crippen molar-refractivity contribution in [2.24, 2.45) is 0 Å². The monoisotopic (exact) mass is 186 g/mol. The largest absolute Gasteiger partial charge is 0.331 e. The van der Waals surface area contributed by atoms with Crippen LogP contribution >= 0.6 is 11.8 Å². The highest BCUT2D eigenvalue weighted by Crippen LogP contribution is 2.16. The van der Waals surface area contributed by atoms with Crippen LogP contribution in [-0.2, 0) is 4.79 Å². The lowest BCUT2D eigenvalue weighted by atomic mass is 10.2. The minimum absolute atomic E-state index is 0.128. The Kier molecular flexibility index (Phi) is 2.56. The van der Waals surface area contributed by atoms with Crippen LogP contribution in [-0.4, -0.2) is 41.6 Å². The van der Waals surface area contributed by atoms with Crippen LogP contribution < -0.4 is 5.32 Å². The third-order valence-corrected chi connectivity index (χ3v) is 3.39. The molecule has 0 unspecified atom stereocenters. The summed E-state index contributed by atoms with van der Waals surface area (Å²) in [6.07, 6.45) is 2.18. The van der Waals surface area contributed by atoms with Gasteiger partial charge in [0.05, 0.1) is 11.9 Å². The maximum Gasteiger partial charge on any atom is 0.240 e. The number of nitrogens with one attached hydrogen (secondary N) is 1. The second-order valence-corrected chi connectivity index (χ2v) is 4.36. The van der Waals surface area contributed by atoms with Gasteiger partial charge < -0.3 is 10.2 Å². The van der Waals surface area contributed by atoms with Crippen LogP contribution in [0, 0.1) is 0 Å². The lowest BCUT2D eigenvalue weighted by molar-refractivity contribution is -0.131. The van der Waals surface area contributed by atoms with Gasteiger partial charge in [-0.1, -0.05) is 0 Å². The number of hydrogen-bond donors (Lipinski definition) is 1. The van der Waals surface area contributed by atoms with Gasteiger partial charge in [0, 0.05) is 12.3 Å². The zero-order valence-electron chi connectivity index (χ0n) is 7.08. The molecular formula is C8H14N2OS. The van der Waals surface area contributed by atoms with E-state index in [0.29, 0.717) is 5.91 Å². The molecule has 0 spiro atoms. The van der Waals surface area contributed by atoms with Crippen LogP contribution in [0.4, 0.5) is 0 Å². The maximum atomic E-state index is 11.7. The first-order valence-corrected chi connectivity index (χ1v) is 5.63. The minimum Gasteiger partial charge on any atom is -0.331 e. The summed E-state index contributed by atoms with van der Waals surface area (Å²) in [5, 5.41) is 3.23. The third-order valence-electron chi connectivity index (χ3n) is 2.42. The van der Waals surface area contributed by atoms with Gasteiger partial charge in [-0.3, -0.25) is 4.79 Å². The molecule has 2 saturated heterocycles. The molecule has 68 valence electrons. The molecule has 0 aromatic rings. The molecule has 2 aliphatic rings. The topological polar surface area (TPSA) is 32.3 Å². The number of thioether (sulfide) groups is 1. The van der Waals surface area contributed by atoms with Crippen molar-refractivity contribution in [1.29, 1.82) is 0 Å². The van der Waals surface area contributed by atoms with E-state index >= 15 is 0 Å². The van der Waals surface area contributed by atoms with Crippen LogP contribution in [0.3, 0.4) is 0 Å². The van der Waals surface area contributed by atoms with Gasteiger partial charge in [0.2, 0.25) is 5.91 Å². The van der Waals surface area contributed by atoms with Crippen LogP contribution in [0.2, 0.25) is 0 Å². The summed E-state index contributed by atoms with van der Waals surface area (Å²) in [4.78, 5) is 13.7. The first kappa shape index (κ1) is 8.38. The molecule has 1 amide bonds. The van der Waals surface area contributed by atoms with Crippen molar-refractivity contribution in [3.05, 3.63) is 0 Å². The smallest absolute Gasteiger partial charge is 0.240 e. The second kappa shape index (κ2) is 3.66. The summed E-state index contributed by atoms with van der Waals surface area (Å²) in [7, 11) is 0. The molecule has 0 aromatic carbocycles. The highest BCUT2D eigenvalue weighted by Gasteiger charge is 2.28. The van der Waals surface area contributed by atoms with E-state index in [1.165, 1.54) is 0 Å². The van der Waals surface area contributed by atoms with Crippen LogP contribution in [0.5, 0.6) is 0 Å². The first-order valence-electron chi connectivity index (χ1n) is 4.48. The Morgan fingerprint density at radius 2 is 2.50 bits per heavy atom. The molecule has 0 saturated carbocycles. The zero-order valence-corrected chi connectivity index (χ0v) is 7.90. The van der Waals surface area contributed by atoms with E-state index in [2.05, 4.69) is 5.32 Å². The molecule has 0 aliphatic carbocycles. The summed E-state index contributed by atoms with van der Waals surface area (Å²) in [5.41, 5.74) is 0. The molecule has 0 radical (unpaired) electrons. The van der Waals surface area contributed by atoms with Crippen molar-refractivity contribution in [3.8, 4) is 0 Å². The average molecular weight is 186 g/mol. The highest BCUT2D eigenvalue weighted by molar-refractivity contribution is 7.99. The number of carbonyl (C=O) groups excluding carboxylic acids is 1. The fourth-order valence-corrected chi connectivity index (χ4v) is 2.66. The number of carbonyl (C=O) groups is 1. The number of rotatable bonds is 1. The molecule has 1 N–H and O–H groups in total. The normalized spacial score (nSPS) is 29.7. The Hall–Kier alpha value is -0.220. The fraction of sp³-hybridized carbons (Fsp3) is 0.875. The summed E-state index contributed by atoms with van der Waals surface area (Å²) in [6.45, 7) is 1.96. The van der Waals surface area contributed by atoms with E-state index in [0.717, 1.165) is 37.6 Å². The molecule has 2 rings (SSSR count). The van der Waals surface area contributed by atoms with Crippen LogP contribution in [0.1, 0.15) is 12.8 Å². The van der Waals surface area contributed by atoms with E-state index in [-0.39, 0.29) is 6.04 Å². The molecule has 4 heteroatoms. The fourth-order valence-electron chi connectivity index (χ4n) is 1.70. The number of nitrogens with zero attached hydrogens (tertiary/aromatic N) is 1. The minimum atomic E-state index is 0.128. The first-order chi connectivity index (χ1) is 5.88. The Morgan fingerprint density at radius 1 is 1.58 bits per heavy atom. The summed E-state index contributed by atoms with van der Waals surface area (Å²) >= 11 is 1.85. The second-order valence-electron chi connectivity index (χ2n) is 3.29. The molecule has 12 heavy (non-hydrogen) atoms. The SMILES string of the molecule is O=C([C@H]1CCCN1)N1CCSC1. The third kappa shape index (κ3) is 1.59. The lowest BCUT2D eigenvalue weighted by Gasteiger charge is -2.18. The summed E-state index contributed by atoms with van der Waals surface area (Å²) in [6, 6.07) is 0.128. The molecule has 2 heterocycles. The van der Waals surface area contributed by atoms with Crippen molar-refractivity contribution in [2.75, 3.05) is 24.7 Å². The quantitative estimate of drug-likeness (QED) is 0.638. The lowest BCUT2D eigenvalue weighted by Crippen LogP contribution is -2.42. The average Bonchev–Trinajstić information content (AvgIpc) is 2.77. The molecule has 2 fully saturated rings. The summed E-state index contributed by atoms with van der Waals surface area (Å²) in [5.74, 6) is 2.33. The van der Waals surface area contributed by atoms with Crippen molar-refractivity contribution in [3.63, 3.8) is 0 Å². The van der Waals surface area contributed by atoms with E-state index < -0.39 is 0 Å². The van der Waals surface area contributed by atoms with E-state index in [1.54, 1.807) is 0 Å². The van der Waals surface area contributed by atoms with Gasteiger partial charge in [-0.2, -0.15) is 0 Å². The van der Waals surface area contributed by atoms with Gasteiger partial charge in [-0.05, 0) is 19.4 Å². The molecule has 0 aromatic heterocycles. The van der Waals surface area contributed by atoms with Crippen molar-refractivity contribution >= 4 is 17.7 Å². The maximum absolute atomic E-state index is 11.7. The predicted octanol–water partition coefficient (Wildman–Crippen LogP) is 0.271. The van der Waals surface area contributed by atoms with Gasteiger partial charge in [0.15, 0.2) is 0 Å². The Bertz CT molecular complexity index is 156. The van der Waals surface area contributed by atoms with Gasteiger partial charge in [0.25, 0.3) is 0 Å². The van der Waals surface area contributed by atoms with Crippen LogP contribution in [0.15, 0.2) is 0 Å². The standard InChI is InChI=1S/C8H14N2OS/c11-8(7-2-1-3-9-7)10-4-5-12-6-10/h7,9H,1-6H2/t7-/m1/s1. The van der Waals surface area contributed by atoms with Crippen molar-refractivity contribution in [2.45, 2.75) is 18.9 Å². The Labute approximate surface area is 76.9 Å². The number of hydrogen-bond acceptors (Lipinski definition) is 3.